The second-order valence-electron chi connectivity index (χ2n) is 5.51. The lowest BCUT2D eigenvalue weighted by Gasteiger charge is -2.33. The first-order chi connectivity index (χ1) is 6.91. The van der Waals surface area contributed by atoms with E-state index in [9.17, 15) is 5.11 Å². The van der Waals surface area contributed by atoms with Crippen LogP contribution >= 0.6 is 0 Å². The van der Waals surface area contributed by atoms with Gasteiger partial charge in [-0.05, 0) is 37.2 Å². The summed E-state index contributed by atoms with van der Waals surface area (Å²) in [4.78, 5) is 0. The highest BCUT2D eigenvalue weighted by molar-refractivity contribution is 5.18. The molecule has 2 unspecified atom stereocenters. The van der Waals surface area contributed by atoms with Gasteiger partial charge >= 0.3 is 0 Å². The molecule has 88 valence electrons. The summed E-state index contributed by atoms with van der Waals surface area (Å²) in [7, 11) is 0. The molecular formula is C13H24O2. The van der Waals surface area contributed by atoms with Gasteiger partial charge in [0, 0.05) is 0 Å². The summed E-state index contributed by atoms with van der Waals surface area (Å²) in [5.41, 5.74) is 1.58. The van der Waals surface area contributed by atoms with Crippen LogP contribution in [0.5, 0.6) is 0 Å². The standard InChI is InChI=1S/C13H24O2/c1-10(14)9-15-12-8-6-5-7-11(12)13(2,3)4/h7,10,12,14H,5-6,8-9H2,1-4H3. The smallest absolute Gasteiger partial charge is 0.0791 e. The molecule has 2 atom stereocenters. The summed E-state index contributed by atoms with van der Waals surface area (Å²) in [6.07, 6.45) is 5.62. The summed E-state index contributed by atoms with van der Waals surface area (Å²) in [5, 5.41) is 9.23. The SMILES string of the molecule is CC(O)COC1CCCC=C1C(C)(C)C. The predicted octanol–water partition coefficient (Wildman–Crippen LogP) is 2.91. The van der Waals surface area contributed by atoms with Gasteiger partial charge in [0.1, 0.15) is 0 Å². The van der Waals surface area contributed by atoms with E-state index in [0.29, 0.717) is 6.61 Å². The number of hydrogen-bond acceptors (Lipinski definition) is 2. The maximum Gasteiger partial charge on any atom is 0.0791 e. The molecule has 0 radical (unpaired) electrons. The highest BCUT2D eigenvalue weighted by Crippen LogP contribution is 2.35. The molecule has 0 aliphatic heterocycles. The van der Waals surface area contributed by atoms with E-state index >= 15 is 0 Å². The zero-order valence-electron chi connectivity index (χ0n) is 10.4. The third-order valence-electron chi connectivity index (χ3n) is 2.79. The Hall–Kier alpha value is -0.340. The molecule has 1 N–H and O–H groups in total. The van der Waals surface area contributed by atoms with Gasteiger partial charge in [-0.15, -0.1) is 0 Å². The third kappa shape index (κ3) is 3.96. The van der Waals surface area contributed by atoms with Crippen molar-refractivity contribution >= 4 is 0 Å². The van der Waals surface area contributed by atoms with Crippen LogP contribution in [0.4, 0.5) is 0 Å². The van der Waals surface area contributed by atoms with Crippen LogP contribution in [0.25, 0.3) is 0 Å². The summed E-state index contributed by atoms with van der Waals surface area (Å²) >= 11 is 0. The van der Waals surface area contributed by atoms with Gasteiger partial charge in [0.05, 0.1) is 18.8 Å². The molecule has 1 aliphatic rings. The van der Waals surface area contributed by atoms with Crippen molar-refractivity contribution in [2.75, 3.05) is 6.61 Å². The molecular weight excluding hydrogens is 188 g/mol. The van der Waals surface area contributed by atoms with E-state index in [1.54, 1.807) is 6.92 Å². The van der Waals surface area contributed by atoms with Gasteiger partial charge in [-0.3, -0.25) is 0 Å². The minimum absolute atomic E-state index is 0.184. The van der Waals surface area contributed by atoms with E-state index in [1.165, 1.54) is 18.4 Å². The van der Waals surface area contributed by atoms with E-state index in [4.69, 9.17) is 4.74 Å². The van der Waals surface area contributed by atoms with Crippen molar-refractivity contribution in [3.8, 4) is 0 Å². The van der Waals surface area contributed by atoms with Crippen LogP contribution < -0.4 is 0 Å². The van der Waals surface area contributed by atoms with Crippen LogP contribution in [0.2, 0.25) is 0 Å². The minimum Gasteiger partial charge on any atom is -0.391 e. The molecule has 1 aliphatic carbocycles. The lowest BCUT2D eigenvalue weighted by molar-refractivity contribution is 0.000114. The van der Waals surface area contributed by atoms with Gasteiger partial charge in [0.25, 0.3) is 0 Å². The van der Waals surface area contributed by atoms with Crippen molar-refractivity contribution in [2.24, 2.45) is 5.41 Å². The summed E-state index contributed by atoms with van der Waals surface area (Å²) in [6.45, 7) is 8.88. The van der Waals surface area contributed by atoms with Gasteiger partial charge in [-0.25, -0.2) is 0 Å². The van der Waals surface area contributed by atoms with Crippen LogP contribution in [0.1, 0.15) is 47.0 Å². The van der Waals surface area contributed by atoms with E-state index in [0.717, 1.165) is 6.42 Å². The topological polar surface area (TPSA) is 29.5 Å². The molecule has 0 aromatic carbocycles. The van der Waals surface area contributed by atoms with Crippen molar-refractivity contribution in [3.05, 3.63) is 11.6 Å². The average molecular weight is 212 g/mol. The molecule has 0 bridgehead atoms. The highest BCUT2D eigenvalue weighted by atomic mass is 16.5. The average Bonchev–Trinajstić information content (AvgIpc) is 2.13. The fourth-order valence-corrected chi connectivity index (χ4v) is 2.07. The largest absolute Gasteiger partial charge is 0.391 e. The Balaban J connectivity index is 2.61. The quantitative estimate of drug-likeness (QED) is 0.729. The van der Waals surface area contributed by atoms with E-state index in [2.05, 4.69) is 26.8 Å². The number of hydrogen-bond donors (Lipinski definition) is 1. The van der Waals surface area contributed by atoms with Crippen molar-refractivity contribution in [1.29, 1.82) is 0 Å². The lowest BCUT2D eigenvalue weighted by atomic mass is 9.78. The molecule has 0 amide bonds. The fraction of sp³-hybridized carbons (Fsp3) is 0.846. The molecule has 0 aromatic rings. The van der Waals surface area contributed by atoms with Gasteiger partial charge in [0.15, 0.2) is 0 Å². The van der Waals surface area contributed by atoms with Gasteiger partial charge in [-0.2, -0.15) is 0 Å². The van der Waals surface area contributed by atoms with Crippen LogP contribution in [-0.2, 0) is 4.74 Å². The maximum atomic E-state index is 9.23. The predicted molar refractivity (Wildman–Crippen MR) is 62.8 cm³/mol. The fourth-order valence-electron chi connectivity index (χ4n) is 2.07. The lowest BCUT2D eigenvalue weighted by Crippen LogP contribution is -2.29. The summed E-state index contributed by atoms with van der Waals surface area (Å²) < 4.78 is 5.77. The second-order valence-corrected chi connectivity index (χ2v) is 5.51. The molecule has 0 spiro atoms. The molecule has 2 nitrogen and oxygen atoms in total. The number of aliphatic hydroxyl groups is 1. The highest BCUT2D eigenvalue weighted by Gasteiger charge is 2.27. The van der Waals surface area contributed by atoms with Crippen LogP contribution in [0.3, 0.4) is 0 Å². The van der Waals surface area contributed by atoms with Crippen LogP contribution in [-0.4, -0.2) is 23.9 Å². The van der Waals surface area contributed by atoms with Crippen LogP contribution in [0, 0.1) is 5.41 Å². The Kier molecular flexibility index (Phi) is 4.35. The van der Waals surface area contributed by atoms with Crippen LogP contribution in [0.15, 0.2) is 11.6 Å². The van der Waals surface area contributed by atoms with Crippen molar-refractivity contribution in [1.82, 2.24) is 0 Å². The molecule has 0 heterocycles. The van der Waals surface area contributed by atoms with E-state index < -0.39 is 0 Å². The number of rotatable bonds is 3. The molecule has 0 saturated carbocycles. The maximum absolute atomic E-state index is 9.23. The first kappa shape index (κ1) is 12.7. The Morgan fingerprint density at radius 3 is 2.73 bits per heavy atom. The minimum atomic E-state index is -0.367. The van der Waals surface area contributed by atoms with Gasteiger partial charge in [0.2, 0.25) is 0 Å². The first-order valence-corrected chi connectivity index (χ1v) is 5.91. The number of ether oxygens (including phenoxy) is 1. The molecule has 1 rings (SSSR count). The Morgan fingerprint density at radius 2 is 2.20 bits per heavy atom. The molecule has 0 saturated heterocycles. The first-order valence-electron chi connectivity index (χ1n) is 5.91. The number of aliphatic hydroxyl groups excluding tert-OH is 1. The van der Waals surface area contributed by atoms with Crippen molar-refractivity contribution in [2.45, 2.75) is 59.2 Å². The third-order valence-corrected chi connectivity index (χ3v) is 2.79. The molecule has 0 aromatic heterocycles. The summed E-state index contributed by atoms with van der Waals surface area (Å²) in [6, 6.07) is 0. The number of allylic oxidation sites excluding steroid dienone is 1. The van der Waals surface area contributed by atoms with Gasteiger partial charge in [-0.1, -0.05) is 26.8 Å². The zero-order valence-corrected chi connectivity index (χ0v) is 10.4. The Labute approximate surface area is 93.3 Å². The Morgan fingerprint density at radius 1 is 1.53 bits per heavy atom. The summed E-state index contributed by atoms with van der Waals surface area (Å²) in [5.74, 6) is 0. The second kappa shape index (κ2) is 5.13. The van der Waals surface area contributed by atoms with Gasteiger partial charge < -0.3 is 9.84 Å². The zero-order chi connectivity index (χ0) is 11.5. The molecule has 0 fully saturated rings. The normalized spacial score (nSPS) is 24.9. The van der Waals surface area contributed by atoms with Crippen molar-refractivity contribution < 1.29 is 9.84 Å². The van der Waals surface area contributed by atoms with E-state index in [1.807, 2.05) is 0 Å². The van der Waals surface area contributed by atoms with E-state index in [-0.39, 0.29) is 17.6 Å². The molecule has 2 heteroatoms. The Bertz CT molecular complexity index is 223. The van der Waals surface area contributed by atoms with Crippen molar-refractivity contribution in [3.63, 3.8) is 0 Å². The molecule has 15 heavy (non-hydrogen) atoms. The monoisotopic (exact) mass is 212 g/mol.